The van der Waals surface area contributed by atoms with Crippen LogP contribution in [0.2, 0.25) is 0 Å². The number of anilines is 1. The number of imidazole rings is 1. The first-order chi connectivity index (χ1) is 17.8. The van der Waals surface area contributed by atoms with E-state index in [0.717, 1.165) is 37.2 Å². The van der Waals surface area contributed by atoms with Crippen LogP contribution in [0.4, 0.5) is 23.9 Å². The van der Waals surface area contributed by atoms with Gasteiger partial charge in [-0.3, -0.25) is 4.79 Å². The van der Waals surface area contributed by atoms with Gasteiger partial charge in [0.2, 0.25) is 5.95 Å². The second-order valence-electron chi connectivity index (χ2n) is 10.8. The molecule has 2 aromatic carbocycles. The molecule has 0 spiro atoms. The fourth-order valence-electron chi connectivity index (χ4n) is 4.01. The third kappa shape index (κ3) is 6.03. The molecule has 4 rings (SSSR count). The number of amides is 2. The maximum absolute atomic E-state index is 13.5. The van der Waals surface area contributed by atoms with Gasteiger partial charge in [0.15, 0.2) is 0 Å². The number of H-pyrrole nitrogens is 1. The molecule has 204 valence electrons. The molecule has 11 heteroatoms. The van der Waals surface area contributed by atoms with Gasteiger partial charge in [-0.25, -0.2) is 9.78 Å². The largest absolute Gasteiger partial charge is 0.462 e. The van der Waals surface area contributed by atoms with Crippen molar-refractivity contribution in [3.63, 3.8) is 0 Å². The smallest absolute Gasteiger partial charge is 0.416 e. The van der Waals surface area contributed by atoms with E-state index in [0.29, 0.717) is 11.0 Å². The third-order valence-electron chi connectivity index (χ3n) is 6.50. The van der Waals surface area contributed by atoms with E-state index in [1.54, 1.807) is 38.7 Å². The molecule has 3 aromatic rings. The Morgan fingerprint density at radius 2 is 1.74 bits per heavy atom. The molecule has 1 aliphatic rings. The van der Waals surface area contributed by atoms with Crippen molar-refractivity contribution in [3.8, 4) is 0 Å². The fourth-order valence-corrected chi connectivity index (χ4v) is 4.01. The first kappa shape index (κ1) is 27.3. The number of para-hydroxylation sites is 1. The summed E-state index contributed by atoms with van der Waals surface area (Å²) in [5, 5.41) is 6.06. The van der Waals surface area contributed by atoms with E-state index in [2.05, 4.69) is 20.6 Å². The maximum Gasteiger partial charge on any atom is 0.416 e. The molecule has 1 unspecified atom stereocenters. The average Bonchev–Trinajstić information content (AvgIpc) is 3.21. The monoisotopic (exact) mass is 531 g/mol. The van der Waals surface area contributed by atoms with Gasteiger partial charge in [-0.2, -0.15) is 13.2 Å². The van der Waals surface area contributed by atoms with Crippen molar-refractivity contribution < 1.29 is 27.5 Å². The molecule has 1 fully saturated rings. The number of nitrogens with zero attached hydrogens (tertiary/aromatic N) is 2. The molecule has 3 N–H and O–H groups in total. The number of rotatable bonds is 7. The van der Waals surface area contributed by atoms with Gasteiger partial charge in [-0.1, -0.05) is 24.3 Å². The van der Waals surface area contributed by atoms with Gasteiger partial charge in [-0.05, 0) is 63.4 Å². The molecular weight excluding hydrogens is 499 g/mol. The van der Waals surface area contributed by atoms with Gasteiger partial charge in [0.05, 0.1) is 27.6 Å². The molecule has 0 bridgehead atoms. The maximum atomic E-state index is 13.5. The Bertz CT molecular complexity index is 1330. The molecule has 1 aliphatic heterocycles. The molecule has 8 nitrogen and oxygen atoms in total. The Kier molecular flexibility index (Phi) is 7.31. The highest BCUT2D eigenvalue weighted by Crippen LogP contribution is 2.34. The lowest BCUT2D eigenvalue weighted by atomic mass is 9.91. The normalized spacial score (nSPS) is 15.5. The lowest BCUT2D eigenvalue weighted by Gasteiger charge is -2.32. The molecule has 0 aliphatic carbocycles. The lowest BCUT2D eigenvalue weighted by Crippen LogP contribution is -2.47. The topological polar surface area (TPSA) is 99.3 Å². The van der Waals surface area contributed by atoms with Gasteiger partial charge in [0.1, 0.15) is 6.61 Å². The molecule has 2 amide bonds. The van der Waals surface area contributed by atoms with Crippen molar-refractivity contribution >= 4 is 29.0 Å². The van der Waals surface area contributed by atoms with Crippen LogP contribution >= 0.6 is 0 Å². The molecule has 0 saturated carbocycles. The van der Waals surface area contributed by atoms with E-state index in [1.165, 1.54) is 6.07 Å². The first-order valence-electron chi connectivity index (χ1n) is 12.4. The number of carbonyl (C=O) groups excluding carboxylic acids is 2. The number of alkyl halides is 3. The molecule has 1 atom stereocenters. The van der Waals surface area contributed by atoms with Crippen LogP contribution < -0.4 is 10.6 Å². The number of aromatic nitrogens is 2. The number of urea groups is 1. The zero-order chi connectivity index (χ0) is 27.7. The summed E-state index contributed by atoms with van der Waals surface area (Å²) in [5.41, 5.74) is -0.504. The van der Waals surface area contributed by atoms with E-state index in [4.69, 9.17) is 4.74 Å². The second-order valence-corrected chi connectivity index (χ2v) is 10.8. The van der Waals surface area contributed by atoms with E-state index < -0.39 is 28.7 Å². The van der Waals surface area contributed by atoms with Crippen LogP contribution in [0.3, 0.4) is 0 Å². The van der Waals surface area contributed by atoms with E-state index in [1.807, 2.05) is 18.2 Å². The summed E-state index contributed by atoms with van der Waals surface area (Å²) in [6.45, 7) is 8.26. The third-order valence-corrected chi connectivity index (χ3v) is 6.50. The highest BCUT2D eigenvalue weighted by molar-refractivity contribution is 5.82. The van der Waals surface area contributed by atoms with Gasteiger partial charge in [0.25, 0.3) is 0 Å². The SMILES string of the molecule is CC(C)(C)C(=O)OCC(C)(Nc1nc2c(CNC(=O)N3CCC3)cccc2[nH]1)c1cccc(C(F)(F)F)c1. The Hall–Kier alpha value is -3.76. The highest BCUT2D eigenvalue weighted by Gasteiger charge is 2.36. The molecular formula is C27H32F3N5O3. The molecule has 0 radical (unpaired) electrons. The number of esters is 1. The summed E-state index contributed by atoms with van der Waals surface area (Å²) >= 11 is 0. The zero-order valence-corrected chi connectivity index (χ0v) is 21.8. The van der Waals surface area contributed by atoms with Crippen LogP contribution in [-0.2, 0) is 27.8 Å². The number of benzene rings is 2. The fraction of sp³-hybridized carbons (Fsp3) is 0.444. The quantitative estimate of drug-likeness (QED) is 0.354. The van der Waals surface area contributed by atoms with Crippen molar-refractivity contribution in [2.24, 2.45) is 5.41 Å². The van der Waals surface area contributed by atoms with Crippen LogP contribution in [0.1, 0.15) is 50.8 Å². The van der Waals surface area contributed by atoms with E-state index in [-0.39, 0.29) is 30.7 Å². The number of nitrogens with one attached hydrogen (secondary N) is 3. The summed E-state index contributed by atoms with van der Waals surface area (Å²) in [5.74, 6) is -0.199. The Morgan fingerprint density at radius 3 is 2.37 bits per heavy atom. The molecule has 2 heterocycles. The van der Waals surface area contributed by atoms with Crippen LogP contribution in [0.15, 0.2) is 42.5 Å². The van der Waals surface area contributed by atoms with Gasteiger partial charge in [0, 0.05) is 19.6 Å². The lowest BCUT2D eigenvalue weighted by molar-refractivity contribution is -0.154. The number of hydrogen-bond donors (Lipinski definition) is 3. The number of fused-ring (bicyclic) bond motifs is 1. The van der Waals surface area contributed by atoms with Crippen molar-refractivity contribution in [2.45, 2.75) is 52.4 Å². The number of halogens is 3. The van der Waals surface area contributed by atoms with Gasteiger partial charge in [-0.15, -0.1) is 0 Å². The molecule has 38 heavy (non-hydrogen) atoms. The summed E-state index contributed by atoms with van der Waals surface area (Å²) in [4.78, 5) is 34.2. The number of hydrogen-bond acceptors (Lipinski definition) is 5. The van der Waals surface area contributed by atoms with Crippen molar-refractivity contribution in [2.75, 3.05) is 25.0 Å². The summed E-state index contributed by atoms with van der Waals surface area (Å²) in [7, 11) is 0. The van der Waals surface area contributed by atoms with Crippen LogP contribution in [-0.4, -0.2) is 46.6 Å². The number of carbonyl (C=O) groups is 2. The number of aromatic amines is 1. The summed E-state index contributed by atoms with van der Waals surface area (Å²) in [6, 6.07) is 10.3. The van der Waals surface area contributed by atoms with Crippen LogP contribution in [0.25, 0.3) is 11.0 Å². The summed E-state index contributed by atoms with van der Waals surface area (Å²) in [6.07, 6.45) is -3.54. The van der Waals surface area contributed by atoms with E-state index >= 15 is 0 Å². The van der Waals surface area contributed by atoms with Crippen molar-refractivity contribution in [1.29, 1.82) is 0 Å². The van der Waals surface area contributed by atoms with Crippen LogP contribution in [0.5, 0.6) is 0 Å². The predicted molar refractivity (Wildman–Crippen MR) is 137 cm³/mol. The Balaban J connectivity index is 1.63. The summed E-state index contributed by atoms with van der Waals surface area (Å²) < 4.78 is 46.0. The minimum atomic E-state index is -4.53. The second kappa shape index (κ2) is 10.2. The predicted octanol–water partition coefficient (Wildman–Crippen LogP) is 5.41. The Morgan fingerprint density at radius 1 is 1.05 bits per heavy atom. The van der Waals surface area contributed by atoms with Crippen molar-refractivity contribution in [1.82, 2.24) is 20.2 Å². The number of likely N-dealkylation sites (tertiary alicyclic amines) is 1. The highest BCUT2D eigenvalue weighted by atomic mass is 19.4. The zero-order valence-electron chi connectivity index (χ0n) is 21.8. The average molecular weight is 532 g/mol. The molecule has 1 aromatic heterocycles. The van der Waals surface area contributed by atoms with E-state index in [9.17, 15) is 22.8 Å². The van der Waals surface area contributed by atoms with Gasteiger partial charge >= 0.3 is 18.2 Å². The minimum Gasteiger partial charge on any atom is -0.462 e. The Labute approximate surface area is 218 Å². The minimum absolute atomic E-state index is 0.139. The first-order valence-corrected chi connectivity index (χ1v) is 12.4. The standard InChI is InChI=1S/C27H32F3N5O3/c1-25(2,3)22(36)38-16-26(4,18-9-6-10-19(14-18)27(28,29)30)34-23-32-20-11-5-8-17(21(20)33-23)15-31-24(37)35-12-7-13-35/h5-6,8-11,14H,7,12-13,15-16H2,1-4H3,(H,31,37)(H2,32,33,34). The van der Waals surface area contributed by atoms with Crippen molar-refractivity contribution in [3.05, 3.63) is 59.2 Å². The van der Waals surface area contributed by atoms with Crippen LogP contribution in [0, 0.1) is 5.41 Å². The molecule has 1 saturated heterocycles. The number of ether oxygens (including phenoxy) is 1. The van der Waals surface area contributed by atoms with Gasteiger partial charge < -0.3 is 25.3 Å².